The predicted octanol–water partition coefficient (Wildman–Crippen LogP) is 1.42. The van der Waals surface area contributed by atoms with Crippen LogP contribution in [0.25, 0.3) is 6.08 Å². The molecule has 0 spiro atoms. The van der Waals surface area contributed by atoms with Crippen LogP contribution in [0.3, 0.4) is 0 Å². The average molecular weight is 195 g/mol. The molecule has 3 nitrogen and oxygen atoms in total. The summed E-state index contributed by atoms with van der Waals surface area (Å²) in [6.45, 7) is 0. The molecular weight excluding hydrogens is 185 g/mol. The Labute approximate surface area is 80.7 Å². The second-order valence-corrected chi connectivity index (χ2v) is 2.75. The minimum atomic E-state index is -0.536. The van der Waals surface area contributed by atoms with E-state index in [0.717, 1.165) is 0 Å². The first-order valence-electron chi connectivity index (χ1n) is 4.03. The first-order valence-corrected chi connectivity index (χ1v) is 4.03. The van der Waals surface area contributed by atoms with Crippen molar-refractivity contribution in [1.82, 2.24) is 0 Å². The van der Waals surface area contributed by atoms with Gasteiger partial charge in [0.15, 0.2) is 0 Å². The van der Waals surface area contributed by atoms with Crippen molar-refractivity contribution in [2.24, 2.45) is 5.73 Å². The lowest BCUT2D eigenvalue weighted by atomic mass is 10.1. The molecule has 0 fully saturated rings. The van der Waals surface area contributed by atoms with Crippen LogP contribution in [0.1, 0.15) is 12.0 Å². The number of primary amides is 1. The zero-order chi connectivity index (χ0) is 10.6. The van der Waals surface area contributed by atoms with Gasteiger partial charge in [-0.1, -0.05) is 18.2 Å². The van der Waals surface area contributed by atoms with Crippen LogP contribution in [0.15, 0.2) is 24.3 Å². The normalized spacial score (nSPS) is 10.6. The fourth-order valence-corrected chi connectivity index (χ4v) is 0.984. The van der Waals surface area contributed by atoms with Gasteiger partial charge in [0.25, 0.3) is 0 Å². The van der Waals surface area contributed by atoms with Crippen molar-refractivity contribution in [2.45, 2.75) is 6.42 Å². The maximum Gasteiger partial charge on any atom is 0.221 e. The molecule has 0 bridgehead atoms. The SMILES string of the molecule is NC(=O)CC=Cc1c(O)cccc1F. The molecule has 0 saturated carbocycles. The van der Waals surface area contributed by atoms with Crippen LogP contribution >= 0.6 is 0 Å². The van der Waals surface area contributed by atoms with Crippen LogP contribution in [0.4, 0.5) is 4.39 Å². The number of amides is 1. The van der Waals surface area contributed by atoms with E-state index in [2.05, 4.69) is 0 Å². The van der Waals surface area contributed by atoms with E-state index in [9.17, 15) is 14.3 Å². The van der Waals surface area contributed by atoms with E-state index in [0.29, 0.717) is 0 Å². The largest absolute Gasteiger partial charge is 0.507 e. The van der Waals surface area contributed by atoms with Crippen molar-refractivity contribution in [3.63, 3.8) is 0 Å². The molecule has 0 aliphatic heterocycles. The maximum absolute atomic E-state index is 13.0. The highest BCUT2D eigenvalue weighted by Gasteiger charge is 2.02. The number of phenols is 1. The fraction of sp³-hybridized carbons (Fsp3) is 0.100. The van der Waals surface area contributed by atoms with Crippen LogP contribution in [0.2, 0.25) is 0 Å². The molecule has 1 amide bonds. The first-order chi connectivity index (χ1) is 6.61. The van der Waals surface area contributed by atoms with Gasteiger partial charge >= 0.3 is 0 Å². The van der Waals surface area contributed by atoms with E-state index in [-0.39, 0.29) is 17.7 Å². The third-order valence-corrected chi connectivity index (χ3v) is 1.63. The maximum atomic E-state index is 13.0. The van der Waals surface area contributed by atoms with Crippen molar-refractivity contribution >= 4 is 12.0 Å². The van der Waals surface area contributed by atoms with Gasteiger partial charge in [-0.3, -0.25) is 4.79 Å². The highest BCUT2D eigenvalue weighted by atomic mass is 19.1. The molecule has 1 aromatic rings. The summed E-state index contributed by atoms with van der Waals surface area (Å²) in [6, 6.07) is 3.99. The summed E-state index contributed by atoms with van der Waals surface area (Å²) < 4.78 is 13.0. The topological polar surface area (TPSA) is 63.3 Å². The quantitative estimate of drug-likeness (QED) is 0.766. The molecule has 0 aliphatic rings. The third kappa shape index (κ3) is 2.58. The van der Waals surface area contributed by atoms with E-state index < -0.39 is 11.7 Å². The zero-order valence-electron chi connectivity index (χ0n) is 7.40. The average Bonchev–Trinajstić information content (AvgIpc) is 2.09. The van der Waals surface area contributed by atoms with Crippen molar-refractivity contribution in [3.05, 3.63) is 35.7 Å². The molecule has 0 atom stereocenters. The van der Waals surface area contributed by atoms with Crippen molar-refractivity contribution in [3.8, 4) is 5.75 Å². The molecule has 14 heavy (non-hydrogen) atoms. The van der Waals surface area contributed by atoms with Gasteiger partial charge in [-0.25, -0.2) is 4.39 Å². The van der Waals surface area contributed by atoms with Gasteiger partial charge in [0, 0.05) is 6.42 Å². The molecule has 4 heteroatoms. The van der Waals surface area contributed by atoms with Gasteiger partial charge in [0.2, 0.25) is 5.91 Å². The number of hydrogen-bond donors (Lipinski definition) is 2. The number of phenolic OH excluding ortho intramolecular Hbond substituents is 1. The Kier molecular flexibility index (Phi) is 3.23. The van der Waals surface area contributed by atoms with Crippen molar-refractivity contribution in [2.75, 3.05) is 0 Å². The Morgan fingerprint density at radius 1 is 1.57 bits per heavy atom. The summed E-state index contributed by atoms with van der Waals surface area (Å²) >= 11 is 0. The van der Waals surface area contributed by atoms with Crippen LogP contribution in [0.5, 0.6) is 5.75 Å². The molecule has 1 aromatic carbocycles. The van der Waals surface area contributed by atoms with Crippen molar-refractivity contribution < 1.29 is 14.3 Å². The van der Waals surface area contributed by atoms with Gasteiger partial charge in [0.1, 0.15) is 11.6 Å². The fourth-order valence-electron chi connectivity index (χ4n) is 0.984. The molecule has 0 saturated heterocycles. The number of rotatable bonds is 3. The molecule has 3 N–H and O–H groups in total. The van der Waals surface area contributed by atoms with E-state index >= 15 is 0 Å². The van der Waals surface area contributed by atoms with E-state index in [1.165, 1.54) is 30.4 Å². The number of carbonyl (C=O) groups is 1. The Morgan fingerprint density at radius 2 is 2.29 bits per heavy atom. The summed E-state index contributed by atoms with van der Waals surface area (Å²) in [5.41, 5.74) is 4.95. The first kappa shape index (κ1) is 10.2. The molecule has 0 heterocycles. The summed E-state index contributed by atoms with van der Waals surface area (Å²) in [7, 11) is 0. The monoisotopic (exact) mass is 195 g/mol. The molecular formula is C10H10FNO2. The van der Waals surface area contributed by atoms with Crippen LogP contribution in [-0.2, 0) is 4.79 Å². The standard InChI is InChI=1S/C10H10FNO2/c11-8-4-2-5-9(13)7(8)3-1-6-10(12)14/h1-5,13H,6H2,(H2,12,14). The molecule has 1 rings (SSSR count). The smallest absolute Gasteiger partial charge is 0.221 e. The number of benzene rings is 1. The van der Waals surface area contributed by atoms with E-state index in [1.54, 1.807) is 0 Å². The summed E-state index contributed by atoms with van der Waals surface area (Å²) in [5, 5.41) is 9.25. The lowest BCUT2D eigenvalue weighted by Crippen LogP contribution is -2.07. The Hall–Kier alpha value is -1.84. The lowest BCUT2D eigenvalue weighted by molar-refractivity contribution is -0.117. The van der Waals surface area contributed by atoms with Crippen LogP contribution in [-0.4, -0.2) is 11.0 Å². The summed E-state index contributed by atoms with van der Waals surface area (Å²) in [5.74, 6) is -1.20. The number of hydrogen-bond acceptors (Lipinski definition) is 2. The molecule has 0 unspecified atom stereocenters. The van der Waals surface area contributed by atoms with Gasteiger partial charge in [0.05, 0.1) is 5.56 Å². The number of aromatic hydroxyl groups is 1. The van der Waals surface area contributed by atoms with Gasteiger partial charge in [-0.05, 0) is 12.1 Å². The van der Waals surface area contributed by atoms with Crippen LogP contribution < -0.4 is 5.73 Å². The second kappa shape index (κ2) is 4.41. The van der Waals surface area contributed by atoms with E-state index in [4.69, 9.17) is 5.73 Å². The van der Waals surface area contributed by atoms with Crippen LogP contribution in [0, 0.1) is 5.82 Å². The van der Waals surface area contributed by atoms with E-state index in [1.807, 2.05) is 0 Å². The lowest BCUT2D eigenvalue weighted by Gasteiger charge is -1.99. The molecule has 0 aliphatic carbocycles. The Bertz CT molecular complexity index is 354. The highest BCUT2D eigenvalue weighted by molar-refractivity contribution is 5.76. The van der Waals surface area contributed by atoms with Gasteiger partial charge in [-0.15, -0.1) is 0 Å². The highest BCUT2D eigenvalue weighted by Crippen LogP contribution is 2.21. The third-order valence-electron chi connectivity index (χ3n) is 1.63. The summed E-state index contributed by atoms with van der Waals surface area (Å²) in [6.07, 6.45) is 2.75. The Morgan fingerprint density at radius 3 is 2.86 bits per heavy atom. The summed E-state index contributed by atoms with van der Waals surface area (Å²) in [4.78, 5) is 10.4. The molecule has 74 valence electrons. The predicted molar refractivity (Wildman–Crippen MR) is 50.9 cm³/mol. The van der Waals surface area contributed by atoms with Gasteiger partial charge in [-0.2, -0.15) is 0 Å². The second-order valence-electron chi connectivity index (χ2n) is 2.75. The molecule has 0 radical (unpaired) electrons. The minimum absolute atomic E-state index is 0.0216. The number of nitrogens with two attached hydrogens (primary N) is 1. The zero-order valence-corrected chi connectivity index (χ0v) is 7.40. The Balaban J connectivity index is 2.85. The number of halogens is 1. The van der Waals surface area contributed by atoms with Crippen molar-refractivity contribution in [1.29, 1.82) is 0 Å². The number of carbonyl (C=O) groups excluding carboxylic acids is 1. The molecule has 0 aromatic heterocycles. The van der Waals surface area contributed by atoms with Gasteiger partial charge < -0.3 is 10.8 Å². The minimum Gasteiger partial charge on any atom is -0.507 e.